The molecule has 0 amide bonds. The van der Waals surface area contributed by atoms with Gasteiger partial charge in [-0.15, -0.1) is 0 Å². The van der Waals surface area contributed by atoms with E-state index in [9.17, 15) is 10.3 Å². The van der Waals surface area contributed by atoms with Crippen molar-refractivity contribution in [3.63, 3.8) is 0 Å². The molecule has 2 bridgehead atoms. The van der Waals surface area contributed by atoms with E-state index in [0.29, 0.717) is 0 Å². The Balaban J connectivity index is 2.19. The number of quaternary nitrogens is 1. The van der Waals surface area contributed by atoms with Crippen LogP contribution in [-0.2, 0) is 0 Å². The van der Waals surface area contributed by atoms with Gasteiger partial charge in [0.2, 0.25) is 0 Å². The Morgan fingerprint density at radius 1 is 1.27 bits per heavy atom. The van der Waals surface area contributed by atoms with Gasteiger partial charge in [0.15, 0.2) is 0 Å². The summed E-state index contributed by atoms with van der Waals surface area (Å²) in [6, 6.07) is 0.368. The van der Waals surface area contributed by atoms with E-state index < -0.39 is 0 Å². The van der Waals surface area contributed by atoms with Crippen LogP contribution in [0.15, 0.2) is 0 Å². The van der Waals surface area contributed by atoms with Crippen molar-refractivity contribution in [3.8, 4) is 0 Å². The molecule has 1 N–H and O–H groups in total. The van der Waals surface area contributed by atoms with Gasteiger partial charge in [0.25, 0.3) is 0 Å². The average Bonchev–Trinajstić information content (AvgIpc) is 2.19. The lowest BCUT2D eigenvalue weighted by molar-refractivity contribution is -0.903. The fourth-order valence-corrected chi connectivity index (χ4v) is 2.57. The Labute approximate surface area is 66.8 Å². The first-order valence-electron chi connectivity index (χ1n) is 4.35. The van der Waals surface area contributed by atoms with Crippen molar-refractivity contribution in [2.75, 3.05) is 7.05 Å². The molecular weight excluding hydrogens is 142 g/mol. The summed E-state index contributed by atoms with van der Waals surface area (Å²) in [6.45, 7) is 0. The summed E-state index contributed by atoms with van der Waals surface area (Å²) in [5, 5.41) is 21.2. The van der Waals surface area contributed by atoms with Crippen molar-refractivity contribution < 1.29 is 9.75 Å². The van der Waals surface area contributed by atoms with Crippen LogP contribution in [-0.4, -0.2) is 35.0 Å². The van der Waals surface area contributed by atoms with Crippen LogP contribution < -0.4 is 0 Å². The summed E-state index contributed by atoms with van der Waals surface area (Å²) < 4.78 is -0.0862. The number of hydrogen-bond donors (Lipinski definition) is 1. The molecule has 0 aliphatic carbocycles. The van der Waals surface area contributed by atoms with Crippen molar-refractivity contribution in [1.29, 1.82) is 0 Å². The molecule has 11 heavy (non-hydrogen) atoms. The average molecular weight is 157 g/mol. The Morgan fingerprint density at radius 3 is 2.18 bits per heavy atom. The monoisotopic (exact) mass is 157 g/mol. The first-order chi connectivity index (χ1) is 5.10. The molecule has 2 aliphatic rings. The molecule has 0 radical (unpaired) electrons. The molecule has 2 unspecified atom stereocenters. The SMILES string of the molecule is C[N+]1([O-])C2CCC1CC(O)C2. The predicted octanol–water partition coefficient (Wildman–Crippen LogP) is 0.616. The lowest BCUT2D eigenvalue weighted by Crippen LogP contribution is -2.54. The zero-order valence-electron chi connectivity index (χ0n) is 6.86. The molecule has 0 aromatic heterocycles. The number of rotatable bonds is 0. The van der Waals surface area contributed by atoms with Crippen LogP contribution in [0.5, 0.6) is 0 Å². The van der Waals surface area contributed by atoms with Gasteiger partial charge in [0.1, 0.15) is 0 Å². The van der Waals surface area contributed by atoms with E-state index in [2.05, 4.69) is 0 Å². The molecular formula is C8H15NO2. The number of piperidine rings is 1. The van der Waals surface area contributed by atoms with Crippen LogP contribution in [0.4, 0.5) is 0 Å². The van der Waals surface area contributed by atoms with Gasteiger partial charge >= 0.3 is 0 Å². The van der Waals surface area contributed by atoms with Crippen LogP contribution in [0.25, 0.3) is 0 Å². The summed E-state index contributed by atoms with van der Waals surface area (Å²) in [4.78, 5) is 0. The molecule has 2 heterocycles. The van der Waals surface area contributed by atoms with Crippen molar-refractivity contribution in [2.45, 2.75) is 43.9 Å². The highest BCUT2D eigenvalue weighted by molar-refractivity contribution is 4.85. The number of hydroxylamine groups is 3. The van der Waals surface area contributed by atoms with Crippen LogP contribution in [0.1, 0.15) is 25.7 Å². The molecule has 0 saturated carbocycles. The summed E-state index contributed by atoms with van der Waals surface area (Å²) in [5.74, 6) is 0. The second-order valence-electron chi connectivity index (χ2n) is 4.07. The van der Waals surface area contributed by atoms with Crippen LogP contribution in [0.2, 0.25) is 0 Å². The summed E-state index contributed by atoms with van der Waals surface area (Å²) in [6.07, 6.45) is 3.27. The Morgan fingerprint density at radius 2 is 1.73 bits per heavy atom. The fraction of sp³-hybridized carbons (Fsp3) is 1.00. The first kappa shape index (κ1) is 7.53. The highest BCUT2D eigenvalue weighted by Crippen LogP contribution is 2.39. The van der Waals surface area contributed by atoms with E-state index in [1.165, 1.54) is 0 Å². The van der Waals surface area contributed by atoms with Crippen molar-refractivity contribution >= 4 is 0 Å². The van der Waals surface area contributed by atoms with E-state index in [4.69, 9.17) is 0 Å². The van der Waals surface area contributed by atoms with Gasteiger partial charge < -0.3 is 15.0 Å². The molecule has 2 atom stereocenters. The lowest BCUT2D eigenvalue weighted by Gasteiger charge is -2.49. The zero-order valence-corrected chi connectivity index (χ0v) is 6.86. The van der Waals surface area contributed by atoms with Gasteiger partial charge in [0.05, 0.1) is 25.2 Å². The second kappa shape index (κ2) is 2.19. The zero-order chi connectivity index (χ0) is 8.06. The Kier molecular flexibility index (Phi) is 1.50. The number of hydrogen-bond acceptors (Lipinski definition) is 2. The van der Waals surface area contributed by atoms with Gasteiger partial charge in [-0.1, -0.05) is 0 Å². The standard InChI is InChI=1S/C8H15NO2/c1-9(11)6-2-3-7(9)5-8(10)4-6/h6-8,10H,2-5H2,1H3. The van der Waals surface area contributed by atoms with E-state index >= 15 is 0 Å². The molecule has 64 valence electrons. The number of aliphatic hydroxyl groups excluding tert-OH is 1. The normalized spacial score (nSPS) is 56.5. The molecule has 0 aromatic rings. The number of nitrogens with zero attached hydrogens (tertiary/aromatic N) is 1. The molecule has 0 spiro atoms. The van der Waals surface area contributed by atoms with E-state index in [0.717, 1.165) is 25.7 Å². The maximum atomic E-state index is 11.8. The third-order valence-electron chi connectivity index (χ3n) is 3.37. The van der Waals surface area contributed by atoms with Gasteiger partial charge in [-0.2, -0.15) is 0 Å². The Hall–Kier alpha value is -0.120. The highest BCUT2D eigenvalue weighted by atomic mass is 16.5. The summed E-state index contributed by atoms with van der Waals surface area (Å²) in [7, 11) is 1.76. The van der Waals surface area contributed by atoms with Gasteiger partial charge in [-0.05, 0) is 0 Å². The van der Waals surface area contributed by atoms with E-state index in [1.54, 1.807) is 7.05 Å². The molecule has 2 saturated heterocycles. The second-order valence-corrected chi connectivity index (χ2v) is 4.07. The van der Waals surface area contributed by atoms with Crippen LogP contribution in [0, 0.1) is 5.21 Å². The minimum atomic E-state index is -0.201. The highest BCUT2D eigenvalue weighted by Gasteiger charge is 2.45. The fourth-order valence-electron chi connectivity index (χ4n) is 2.57. The Bertz CT molecular complexity index is 153. The molecule has 2 rings (SSSR count). The third kappa shape index (κ3) is 0.991. The topological polar surface area (TPSA) is 43.3 Å². The largest absolute Gasteiger partial charge is 0.633 e. The van der Waals surface area contributed by atoms with Crippen LogP contribution >= 0.6 is 0 Å². The van der Waals surface area contributed by atoms with E-state index in [-0.39, 0.29) is 22.8 Å². The lowest BCUT2D eigenvalue weighted by atomic mass is 10.0. The van der Waals surface area contributed by atoms with Gasteiger partial charge in [0, 0.05) is 25.7 Å². The molecule has 2 aliphatic heterocycles. The minimum Gasteiger partial charge on any atom is -0.633 e. The third-order valence-corrected chi connectivity index (χ3v) is 3.37. The minimum absolute atomic E-state index is 0.0862. The quantitative estimate of drug-likeness (QED) is 0.413. The molecule has 0 aromatic carbocycles. The maximum absolute atomic E-state index is 11.8. The maximum Gasteiger partial charge on any atom is 0.0914 e. The summed E-state index contributed by atoms with van der Waals surface area (Å²) >= 11 is 0. The number of aliphatic hydroxyl groups is 1. The smallest absolute Gasteiger partial charge is 0.0914 e. The van der Waals surface area contributed by atoms with Crippen molar-refractivity contribution in [2.24, 2.45) is 0 Å². The van der Waals surface area contributed by atoms with Crippen LogP contribution in [0.3, 0.4) is 0 Å². The van der Waals surface area contributed by atoms with Crippen molar-refractivity contribution in [3.05, 3.63) is 5.21 Å². The molecule has 3 heteroatoms. The first-order valence-corrected chi connectivity index (χ1v) is 4.35. The van der Waals surface area contributed by atoms with Gasteiger partial charge in [-0.25, -0.2) is 0 Å². The predicted molar refractivity (Wildman–Crippen MR) is 41.6 cm³/mol. The summed E-state index contributed by atoms with van der Waals surface area (Å²) in [5.41, 5.74) is 0. The molecule has 2 fully saturated rings. The van der Waals surface area contributed by atoms with Gasteiger partial charge in [-0.3, -0.25) is 0 Å². The molecule has 3 nitrogen and oxygen atoms in total. The van der Waals surface area contributed by atoms with Crippen molar-refractivity contribution in [1.82, 2.24) is 0 Å². The van der Waals surface area contributed by atoms with E-state index in [1.807, 2.05) is 0 Å². The number of fused-ring (bicyclic) bond motifs is 2.